The fraction of sp³-hybridized carbons (Fsp3) is 0.278. The van der Waals surface area contributed by atoms with E-state index in [2.05, 4.69) is 36.4 Å². The third-order valence-corrected chi connectivity index (χ3v) is 4.20. The SMILES string of the molecule is O=C(CCc1ccccc1)SCCCc1ccccc1. The van der Waals surface area contributed by atoms with E-state index >= 15 is 0 Å². The van der Waals surface area contributed by atoms with Gasteiger partial charge in [-0.1, -0.05) is 72.4 Å². The van der Waals surface area contributed by atoms with Crippen LogP contribution in [0.3, 0.4) is 0 Å². The first-order valence-corrected chi connectivity index (χ1v) is 8.06. The Kier molecular flexibility index (Phi) is 6.39. The Morgan fingerprint density at radius 1 is 0.800 bits per heavy atom. The highest BCUT2D eigenvalue weighted by molar-refractivity contribution is 8.13. The molecule has 0 aliphatic heterocycles. The van der Waals surface area contributed by atoms with Crippen LogP contribution in [-0.4, -0.2) is 10.9 Å². The molecule has 0 aliphatic carbocycles. The van der Waals surface area contributed by atoms with E-state index in [1.165, 1.54) is 22.9 Å². The molecule has 104 valence electrons. The molecule has 0 saturated carbocycles. The highest BCUT2D eigenvalue weighted by atomic mass is 32.2. The third-order valence-electron chi connectivity index (χ3n) is 3.18. The maximum atomic E-state index is 11.8. The molecule has 0 N–H and O–H groups in total. The minimum Gasteiger partial charge on any atom is -0.287 e. The lowest BCUT2D eigenvalue weighted by atomic mass is 10.1. The normalized spacial score (nSPS) is 10.4. The van der Waals surface area contributed by atoms with Gasteiger partial charge < -0.3 is 0 Å². The summed E-state index contributed by atoms with van der Waals surface area (Å²) < 4.78 is 0. The number of aryl methyl sites for hydroxylation is 2. The van der Waals surface area contributed by atoms with Crippen molar-refractivity contribution in [3.63, 3.8) is 0 Å². The summed E-state index contributed by atoms with van der Waals surface area (Å²) in [4.78, 5) is 11.8. The monoisotopic (exact) mass is 284 g/mol. The maximum absolute atomic E-state index is 11.8. The zero-order valence-electron chi connectivity index (χ0n) is 11.6. The van der Waals surface area contributed by atoms with Crippen molar-refractivity contribution in [2.24, 2.45) is 0 Å². The van der Waals surface area contributed by atoms with E-state index in [-0.39, 0.29) is 0 Å². The lowest BCUT2D eigenvalue weighted by molar-refractivity contribution is -0.110. The van der Waals surface area contributed by atoms with Gasteiger partial charge in [0.05, 0.1) is 0 Å². The van der Waals surface area contributed by atoms with Crippen LogP contribution in [0.1, 0.15) is 24.0 Å². The summed E-state index contributed by atoms with van der Waals surface area (Å²) in [6.45, 7) is 0. The molecule has 0 aliphatic rings. The summed E-state index contributed by atoms with van der Waals surface area (Å²) in [6, 6.07) is 20.6. The standard InChI is InChI=1S/C18H20OS/c19-18(14-13-17-10-5-2-6-11-17)20-15-7-12-16-8-3-1-4-9-16/h1-6,8-11H,7,12-15H2. The number of hydrogen-bond acceptors (Lipinski definition) is 2. The zero-order chi connectivity index (χ0) is 14.0. The Hall–Kier alpha value is -1.54. The molecule has 0 radical (unpaired) electrons. The topological polar surface area (TPSA) is 17.1 Å². The molecule has 0 unspecified atom stereocenters. The molecule has 2 aromatic carbocycles. The van der Waals surface area contributed by atoms with Crippen molar-refractivity contribution < 1.29 is 4.79 Å². The van der Waals surface area contributed by atoms with Crippen LogP contribution in [0, 0.1) is 0 Å². The Morgan fingerprint density at radius 3 is 1.95 bits per heavy atom. The Labute approximate surface area is 125 Å². The molecule has 0 spiro atoms. The van der Waals surface area contributed by atoms with Crippen molar-refractivity contribution in [1.29, 1.82) is 0 Å². The second-order valence-corrected chi connectivity index (χ2v) is 5.95. The van der Waals surface area contributed by atoms with Crippen molar-refractivity contribution in [3.8, 4) is 0 Å². The van der Waals surface area contributed by atoms with Crippen LogP contribution >= 0.6 is 11.8 Å². The van der Waals surface area contributed by atoms with E-state index < -0.39 is 0 Å². The molecule has 2 aromatic rings. The zero-order valence-corrected chi connectivity index (χ0v) is 12.4. The summed E-state index contributed by atoms with van der Waals surface area (Å²) in [5.74, 6) is 0.919. The molecule has 2 heteroatoms. The number of rotatable bonds is 7. The molecular formula is C18H20OS. The molecule has 0 amide bonds. The summed E-state index contributed by atoms with van der Waals surface area (Å²) in [7, 11) is 0. The second-order valence-electron chi connectivity index (χ2n) is 4.80. The van der Waals surface area contributed by atoms with Gasteiger partial charge in [0.2, 0.25) is 0 Å². The van der Waals surface area contributed by atoms with Crippen LogP contribution in [0.2, 0.25) is 0 Å². The fourth-order valence-corrected chi connectivity index (χ4v) is 2.83. The van der Waals surface area contributed by atoms with Crippen LogP contribution in [0.5, 0.6) is 0 Å². The van der Waals surface area contributed by atoms with Gasteiger partial charge in [-0.3, -0.25) is 4.79 Å². The van der Waals surface area contributed by atoms with Gasteiger partial charge in [-0.15, -0.1) is 0 Å². The van der Waals surface area contributed by atoms with Crippen molar-refractivity contribution in [2.45, 2.75) is 25.7 Å². The van der Waals surface area contributed by atoms with Crippen LogP contribution in [0.25, 0.3) is 0 Å². The largest absolute Gasteiger partial charge is 0.287 e. The van der Waals surface area contributed by atoms with Gasteiger partial charge in [0.15, 0.2) is 5.12 Å². The van der Waals surface area contributed by atoms with Crippen LogP contribution in [0.15, 0.2) is 60.7 Å². The maximum Gasteiger partial charge on any atom is 0.189 e. The minimum absolute atomic E-state index is 0.307. The van der Waals surface area contributed by atoms with Crippen LogP contribution in [-0.2, 0) is 17.6 Å². The molecule has 2 rings (SSSR count). The summed E-state index contributed by atoms with van der Waals surface area (Å²) >= 11 is 1.48. The molecule has 20 heavy (non-hydrogen) atoms. The minimum atomic E-state index is 0.307. The molecule has 1 nitrogen and oxygen atoms in total. The lowest BCUT2D eigenvalue weighted by Gasteiger charge is -2.02. The Balaban J connectivity index is 1.59. The van der Waals surface area contributed by atoms with Gasteiger partial charge in [0, 0.05) is 12.2 Å². The molecule has 0 bridgehead atoms. The number of hydrogen-bond donors (Lipinski definition) is 0. The molecule has 0 aromatic heterocycles. The Bertz CT molecular complexity index is 507. The lowest BCUT2D eigenvalue weighted by Crippen LogP contribution is -1.97. The van der Waals surface area contributed by atoms with Crippen molar-refractivity contribution in [2.75, 3.05) is 5.75 Å². The fourth-order valence-electron chi connectivity index (χ4n) is 2.07. The van der Waals surface area contributed by atoms with Crippen molar-refractivity contribution in [3.05, 3.63) is 71.8 Å². The first kappa shape index (κ1) is 14.9. The van der Waals surface area contributed by atoms with Gasteiger partial charge in [0.25, 0.3) is 0 Å². The Morgan fingerprint density at radius 2 is 1.35 bits per heavy atom. The highest BCUT2D eigenvalue weighted by Crippen LogP contribution is 2.13. The third kappa shape index (κ3) is 5.62. The molecular weight excluding hydrogens is 264 g/mol. The average Bonchev–Trinajstić information content (AvgIpc) is 2.52. The number of thioether (sulfide) groups is 1. The van der Waals surface area contributed by atoms with Crippen LogP contribution < -0.4 is 0 Å². The van der Waals surface area contributed by atoms with E-state index in [1.807, 2.05) is 24.3 Å². The van der Waals surface area contributed by atoms with E-state index in [0.717, 1.165) is 25.0 Å². The van der Waals surface area contributed by atoms with E-state index in [9.17, 15) is 4.79 Å². The highest BCUT2D eigenvalue weighted by Gasteiger charge is 2.03. The van der Waals surface area contributed by atoms with Crippen molar-refractivity contribution >= 4 is 16.9 Å². The number of carbonyl (C=O) groups is 1. The molecule has 0 atom stereocenters. The summed E-state index contributed by atoms with van der Waals surface area (Å²) in [5, 5.41) is 0.307. The van der Waals surface area contributed by atoms with Gasteiger partial charge in [0.1, 0.15) is 0 Å². The quantitative estimate of drug-likeness (QED) is 0.696. The molecule has 0 heterocycles. The van der Waals surface area contributed by atoms with Crippen LogP contribution in [0.4, 0.5) is 0 Å². The smallest absolute Gasteiger partial charge is 0.189 e. The second kappa shape index (κ2) is 8.60. The van der Waals surface area contributed by atoms with E-state index in [0.29, 0.717) is 11.5 Å². The van der Waals surface area contributed by atoms with Gasteiger partial charge >= 0.3 is 0 Å². The van der Waals surface area contributed by atoms with E-state index in [1.54, 1.807) is 0 Å². The average molecular weight is 284 g/mol. The summed E-state index contributed by atoms with van der Waals surface area (Å²) in [5.41, 5.74) is 2.59. The molecule has 0 saturated heterocycles. The summed E-state index contributed by atoms with van der Waals surface area (Å²) in [6.07, 6.45) is 3.61. The first-order chi connectivity index (χ1) is 9.84. The predicted molar refractivity (Wildman–Crippen MR) is 87.0 cm³/mol. The van der Waals surface area contributed by atoms with Gasteiger partial charge in [-0.05, 0) is 30.4 Å². The number of benzene rings is 2. The van der Waals surface area contributed by atoms with Gasteiger partial charge in [-0.25, -0.2) is 0 Å². The molecule has 0 fully saturated rings. The van der Waals surface area contributed by atoms with E-state index in [4.69, 9.17) is 0 Å². The number of carbonyl (C=O) groups excluding carboxylic acids is 1. The first-order valence-electron chi connectivity index (χ1n) is 7.08. The predicted octanol–water partition coefficient (Wildman–Crippen LogP) is 4.51. The van der Waals surface area contributed by atoms with Gasteiger partial charge in [-0.2, -0.15) is 0 Å². The van der Waals surface area contributed by atoms with Crippen molar-refractivity contribution in [1.82, 2.24) is 0 Å².